The summed E-state index contributed by atoms with van der Waals surface area (Å²) in [6.07, 6.45) is 4.42. The number of hydrogen-bond donors (Lipinski definition) is 0. The smallest absolute Gasteiger partial charge is 0.223 e. The molecule has 0 aromatic carbocycles. The van der Waals surface area contributed by atoms with Crippen molar-refractivity contribution < 1.29 is 4.79 Å². The Morgan fingerprint density at radius 3 is 2.75 bits per heavy atom. The van der Waals surface area contributed by atoms with Crippen molar-refractivity contribution >= 4 is 17.7 Å². The summed E-state index contributed by atoms with van der Waals surface area (Å²) >= 11 is 1.70. The zero-order valence-corrected chi connectivity index (χ0v) is 8.69. The van der Waals surface area contributed by atoms with Crippen molar-refractivity contribution in [2.75, 3.05) is 25.1 Å². The minimum atomic E-state index is 0.228. The van der Waals surface area contributed by atoms with E-state index in [-0.39, 0.29) is 5.91 Å². The lowest BCUT2D eigenvalue weighted by Gasteiger charge is -2.18. The molecule has 0 saturated heterocycles. The van der Waals surface area contributed by atoms with Crippen LogP contribution in [0.15, 0.2) is 12.7 Å². The molecule has 0 aliphatic heterocycles. The fourth-order valence-corrected chi connectivity index (χ4v) is 1.29. The first-order valence-electron chi connectivity index (χ1n) is 4.13. The molecule has 0 saturated carbocycles. The Morgan fingerprint density at radius 2 is 2.33 bits per heavy atom. The zero-order valence-electron chi connectivity index (χ0n) is 7.88. The van der Waals surface area contributed by atoms with E-state index in [1.807, 2.05) is 18.1 Å². The molecule has 0 rings (SSSR count). The van der Waals surface area contributed by atoms with Gasteiger partial charge in [0.1, 0.15) is 0 Å². The van der Waals surface area contributed by atoms with Gasteiger partial charge in [0.25, 0.3) is 0 Å². The van der Waals surface area contributed by atoms with Crippen LogP contribution in [0.4, 0.5) is 0 Å². The van der Waals surface area contributed by atoms with E-state index in [1.54, 1.807) is 17.8 Å². The highest BCUT2D eigenvalue weighted by atomic mass is 32.2. The Morgan fingerprint density at radius 1 is 1.67 bits per heavy atom. The van der Waals surface area contributed by atoms with Crippen LogP contribution in [0.1, 0.15) is 13.3 Å². The number of thioether (sulfide) groups is 1. The number of carbonyl (C=O) groups excluding carboxylic acids is 1. The first-order valence-corrected chi connectivity index (χ1v) is 5.53. The quantitative estimate of drug-likeness (QED) is 0.591. The van der Waals surface area contributed by atoms with Gasteiger partial charge in [-0.2, -0.15) is 11.8 Å². The van der Waals surface area contributed by atoms with Gasteiger partial charge in [-0.3, -0.25) is 4.79 Å². The molecule has 0 N–H and O–H groups in total. The van der Waals surface area contributed by atoms with E-state index < -0.39 is 0 Å². The molecule has 0 bridgehead atoms. The van der Waals surface area contributed by atoms with Crippen LogP contribution in [-0.2, 0) is 4.79 Å². The third-order valence-electron chi connectivity index (χ3n) is 1.60. The lowest BCUT2D eigenvalue weighted by Crippen LogP contribution is -2.30. The number of carbonyl (C=O) groups is 1. The first-order chi connectivity index (χ1) is 5.76. The van der Waals surface area contributed by atoms with Crippen molar-refractivity contribution in [2.45, 2.75) is 13.3 Å². The summed E-state index contributed by atoms with van der Waals surface area (Å²) in [5.41, 5.74) is 0. The maximum Gasteiger partial charge on any atom is 0.223 e. The van der Waals surface area contributed by atoms with Gasteiger partial charge in [-0.15, -0.1) is 6.58 Å². The monoisotopic (exact) mass is 187 g/mol. The standard InChI is InChI=1S/C9H17NOS/c1-4-7-10(5-2)9(11)6-8-12-3/h4H,1,5-8H2,2-3H3. The van der Waals surface area contributed by atoms with E-state index >= 15 is 0 Å². The minimum absolute atomic E-state index is 0.228. The third-order valence-corrected chi connectivity index (χ3v) is 2.22. The van der Waals surface area contributed by atoms with Crippen LogP contribution in [0.2, 0.25) is 0 Å². The fourth-order valence-electron chi connectivity index (χ4n) is 0.911. The lowest BCUT2D eigenvalue weighted by atomic mass is 10.4. The minimum Gasteiger partial charge on any atom is -0.339 e. The number of hydrogen-bond acceptors (Lipinski definition) is 2. The molecule has 0 radical (unpaired) electrons. The molecule has 0 aromatic rings. The Labute approximate surface area is 79.0 Å². The molecule has 0 aliphatic carbocycles. The van der Waals surface area contributed by atoms with Crippen LogP contribution in [0.25, 0.3) is 0 Å². The molecule has 3 heteroatoms. The van der Waals surface area contributed by atoms with E-state index in [4.69, 9.17) is 0 Å². The molecule has 0 atom stereocenters. The Hall–Kier alpha value is -0.440. The number of likely N-dealkylation sites (N-methyl/N-ethyl adjacent to an activating group) is 1. The highest BCUT2D eigenvalue weighted by Crippen LogP contribution is 2.00. The van der Waals surface area contributed by atoms with Crippen molar-refractivity contribution in [3.8, 4) is 0 Å². The Bertz CT molecular complexity index is 147. The molecule has 0 spiro atoms. The topological polar surface area (TPSA) is 20.3 Å². The van der Waals surface area contributed by atoms with Crippen LogP contribution in [-0.4, -0.2) is 35.9 Å². The Balaban J connectivity index is 3.76. The summed E-state index contributed by atoms with van der Waals surface area (Å²) in [7, 11) is 0. The highest BCUT2D eigenvalue weighted by molar-refractivity contribution is 7.98. The summed E-state index contributed by atoms with van der Waals surface area (Å²) in [6, 6.07) is 0. The normalized spacial score (nSPS) is 9.50. The van der Waals surface area contributed by atoms with Gasteiger partial charge >= 0.3 is 0 Å². The van der Waals surface area contributed by atoms with Gasteiger partial charge in [0.05, 0.1) is 0 Å². The second-order valence-corrected chi connectivity index (χ2v) is 3.45. The van der Waals surface area contributed by atoms with Crippen molar-refractivity contribution in [2.24, 2.45) is 0 Å². The highest BCUT2D eigenvalue weighted by Gasteiger charge is 2.07. The molecular weight excluding hydrogens is 170 g/mol. The average molecular weight is 187 g/mol. The maximum absolute atomic E-state index is 11.4. The van der Waals surface area contributed by atoms with Crippen molar-refractivity contribution in [1.29, 1.82) is 0 Å². The van der Waals surface area contributed by atoms with Crippen molar-refractivity contribution in [3.63, 3.8) is 0 Å². The predicted molar refractivity (Wildman–Crippen MR) is 55.5 cm³/mol. The molecule has 0 fully saturated rings. The molecule has 0 heterocycles. The van der Waals surface area contributed by atoms with Gasteiger partial charge in [0.15, 0.2) is 0 Å². The Kier molecular flexibility index (Phi) is 6.96. The van der Waals surface area contributed by atoms with E-state index in [2.05, 4.69) is 6.58 Å². The lowest BCUT2D eigenvalue weighted by molar-refractivity contribution is -0.130. The van der Waals surface area contributed by atoms with Gasteiger partial charge in [0.2, 0.25) is 5.91 Å². The predicted octanol–water partition coefficient (Wildman–Crippen LogP) is 1.77. The van der Waals surface area contributed by atoms with Crippen LogP contribution >= 0.6 is 11.8 Å². The SMILES string of the molecule is C=CCN(CC)C(=O)CCSC. The fraction of sp³-hybridized carbons (Fsp3) is 0.667. The van der Waals surface area contributed by atoms with E-state index in [9.17, 15) is 4.79 Å². The largest absolute Gasteiger partial charge is 0.339 e. The van der Waals surface area contributed by atoms with E-state index in [0.717, 1.165) is 12.3 Å². The number of amides is 1. The third kappa shape index (κ3) is 4.44. The molecule has 1 amide bonds. The molecule has 0 unspecified atom stereocenters. The molecule has 70 valence electrons. The molecular formula is C9H17NOS. The zero-order chi connectivity index (χ0) is 9.40. The molecule has 2 nitrogen and oxygen atoms in total. The van der Waals surface area contributed by atoms with Gasteiger partial charge < -0.3 is 4.90 Å². The molecule has 0 aliphatic rings. The van der Waals surface area contributed by atoms with Crippen LogP contribution in [0.5, 0.6) is 0 Å². The number of nitrogens with zero attached hydrogens (tertiary/aromatic N) is 1. The van der Waals surface area contributed by atoms with Crippen LogP contribution in [0, 0.1) is 0 Å². The summed E-state index contributed by atoms with van der Waals surface area (Å²) in [4.78, 5) is 13.2. The van der Waals surface area contributed by atoms with Gasteiger partial charge in [-0.05, 0) is 13.2 Å². The second-order valence-electron chi connectivity index (χ2n) is 2.46. The van der Waals surface area contributed by atoms with Crippen molar-refractivity contribution in [3.05, 3.63) is 12.7 Å². The van der Waals surface area contributed by atoms with Gasteiger partial charge in [0, 0.05) is 25.3 Å². The molecule has 12 heavy (non-hydrogen) atoms. The molecule has 0 aromatic heterocycles. The van der Waals surface area contributed by atoms with Gasteiger partial charge in [-0.1, -0.05) is 6.08 Å². The second kappa shape index (κ2) is 7.22. The average Bonchev–Trinajstić information content (AvgIpc) is 2.10. The van der Waals surface area contributed by atoms with Crippen LogP contribution in [0.3, 0.4) is 0 Å². The van der Waals surface area contributed by atoms with Gasteiger partial charge in [-0.25, -0.2) is 0 Å². The summed E-state index contributed by atoms with van der Waals surface area (Å²) in [6.45, 7) is 7.05. The maximum atomic E-state index is 11.4. The number of rotatable bonds is 6. The van der Waals surface area contributed by atoms with E-state index in [0.29, 0.717) is 13.0 Å². The van der Waals surface area contributed by atoms with Crippen LogP contribution < -0.4 is 0 Å². The first kappa shape index (κ1) is 11.6. The summed E-state index contributed by atoms with van der Waals surface area (Å²) in [5.74, 6) is 1.14. The summed E-state index contributed by atoms with van der Waals surface area (Å²) in [5, 5.41) is 0. The summed E-state index contributed by atoms with van der Waals surface area (Å²) < 4.78 is 0. The van der Waals surface area contributed by atoms with Crippen molar-refractivity contribution in [1.82, 2.24) is 4.90 Å². The van der Waals surface area contributed by atoms with E-state index in [1.165, 1.54) is 0 Å².